The quantitative estimate of drug-likeness (QED) is 0.252. The summed E-state index contributed by atoms with van der Waals surface area (Å²) in [7, 11) is 0. The van der Waals surface area contributed by atoms with Crippen LogP contribution in [0.3, 0.4) is 0 Å². The highest BCUT2D eigenvalue weighted by atomic mass is 16.4. The summed E-state index contributed by atoms with van der Waals surface area (Å²) in [6, 6.07) is 0.733. The first kappa shape index (κ1) is 15.3. The number of nitrogens with two attached hydrogens (primary N) is 1. The number of amidine groups is 1. The molecule has 0 aromatic rings. The van der Waals surface area contributed by atoms with E-state index >= 15 is 0 Å². The molecule has 106 valence electrons. The topological polar surface area (TPSA) is 61.8 Å². The van der Waals surface area contributed by atoms with Gasteiger partial charge in [-0.15, -0.1) is 0 Å². The maximum atomic E-state index is 8.72. The van der Waals surface area contributed by atoms with Crippen LogP contribution in [0.5, 0.6) is 0 Å². The van der Waals surface area contributed by atoms with E-state index in [9.17, 15) is 0 Å². The van der Waals surface area contributed by atoms with Gasteiger partial charge in [-0.1, -0.05) is 32.3 Å². The van der Waals surface area contributed by atoms with Crippen LogP contribution in [0.1, 0.15) is 53.4 Å². The minimum absolute atomic E-state index is 0.196. The van der Waals surface area contributed by atoms with Crippen LogP contribution in [-0.4, -0.2) is 35.1 Å². The third-order valence-electron chi connectivity index (χ3n) is 4.21. The third kappa shape index (κ3) is 4.16. The van der Waals surface area contributed by atoms with E-state index in [1.807, 2.05) is 13.8 Å². The molecule has 0 aromatic heterocycles. The van der Waals surface area contributed by atoms with E-state index in [1.54, 1.807) is 0 Å². The lowest BCUT2D eigenvalue weighted by molar-refractivity contribution is 0.253. The third-order valence-corrected chi connectivity index (χ3v) is 4.21. The molecule has 1 saturated heterocycles. The van der Waals surface area contributed by atoms with Gasteiger partial charge in [0, 0.05) is 18.0 Å². The molecule has 0 aliphatic carbocycles. The smallest absolute Gasteiger partial charge is 0.144 e. The minimum Gasteiger partial charge on any atom is -0.409 e. The summed E-state index contributed by atoms with van der Waals surface area (Å²) in [6.07, 6.45) is 4.62. The Labute approximate surface area is 111 Å². The van der Waals surface area contributed by atoms with Crippen molar-refractivity contribution in [3.63, 3.8) is 0 Å². The van der Waals surface area contributed by atoms with E-state index in [4.69, 9.17) is 10.9 Å². The van der Waals surface area contributed by atoms with Crippen molar-refractivity contribution in [2.24, 2.45) is 22.2 Å². The number of likely N-dealkylation sites (tertiary alicyclic amines) is 1. The van der Waals surface area contributed by atoms with Crippen molar-refractivity contribution in [3.8, 4) is 0 Å². The molecule has 0 spiro atoms. The molecule has 0 radical (unpaired) electrons. The Morgan fingerprint density at radius 2 is 2.06 bits per heavy atom. The van der Waals surface area contributed by atoms with Crippen molar-refractivity contribution in [1.29, 1.82) is 0 Å². The first-order chi connectivity index (χ1) is 8.36. The SMILES string of the molecule is CC1CC(C)N(CCCCC(C)(C)C(N)=NO)C1. The summed E-state index contributed by atoms with van der Waals surface area (Å²) in [5, 5.41) is 11.8. The number of nitrogens with zero attached hydrogens (tertiary/aromatic N) is 2. The Hall–Kier alpha value is -0.770. The number of unbranched alkanes of at least 4 members (excludes halogenated alkanes) is 1. The fourth-order valence-corrected chi connectivity index (χ4v) is 2.84. The molecular weight excluding hydrogens is 226 g/mol. The van der Waals surface area contributed by atoms with Crippen LogP contribution in [0, 0.1) is 11.3 Å². The lowest BCUT2D eigenvalue weighted by Crippen LogP contribution is -2.32. The van der Waals surface area contributed by atoms with Crippen molar-refractivity contribution < 1.29 is 5.21 Å². The summed E-state index contributed by atoms with van der Waals surface area (Å²) >= 11 is 0. The van der Waals surface area contributed by atoms with E-state index in [2.05, 4.69) is 23.9 Å². The molecule has 0 bridgehead atoms. The predicted molar refractivity (Wildman–Crippen MR) is 75.9 cm³/mol. The van der Waals surface area contributed by atoms with Crippen LogP contribution in [-0.2, 0) is 0 Å². The molecule has 18 heavy (non-hydrogen) atoms. The van der Waals surface area contributed by atoms with Crippen LogP contribution >= 0.6 is 0 Å². The summed E-state index contributed by atoms with van der Waals surface area (Å²) in [6.45, 7) is 11.1. The summed E-state index contributed by atoms with van der Waals surface area (Å²) < 4.78 is 0. The second-order valence-corrected chi connectivity index (χ2v) is 6.51. The van der Waals surface area contributed by atoms with Crippen LogP contribution in [0.4, 0.5) is 0 Å². The standard InChI is InChI=1S/C14H29N3O/c1-11-9-12(2)17(10-11)8-6-5-7-14(3,4)13(15)16-18/h11-12,18H,5-10H2,1-4H3,(H2,15,16). The first-order valence-electron chi connectivity index (χ1n) is 7.09. The highest BCUT2D eigenvalue weighted by Crippen LogP contribution is 2.25. The molecule has 1 fully saturated rings. The Morgan fingerprint density at radius 1 is 1.39 bits per heavy atom. The lowest BCUT2D eigenvalue weighted by atomic mass is 9.86. The summed E-state index contributed by atoms with van der Waals surface area (Å²) in [4.78, 5) is 2.58. The molecule has 1 aliphatic heterocycles. The molecule has 3 N–H and O–H groups in total. The first-order valence-corrected chi connectivity index (χ1v) is 7.09. The average Bonchev–Trinajstić information content (AvgIpc) is 2.62. The van der Waals surface area contributed by atoms with E-state index in [0.717, 1.165) is 24.8 Å². The van der Waals surface area contributed by atoms with E-state index in [-0.39, 0.29) is 5.41 Å². The molecular formula is C14H29N3O. The molecule has 2 unspecified atom stereocenters. The predicted octanol–water partition coefficient (Wildman–Crippen LogP) is 2.66. The maximum Gasteiger partial charge on any atom is 0.144 e. The summed E-state index contributed by atoms with van der Waals surface area (Å²) in [5.74, 6) is 1.18. The zero-order chi connectivity index (χ0) is 13.8. The van der Waals surface area contributed by atoms with Gasteiger partial charge in [-0.2, -0.15) is 0 Å². The molecule has 4 heteroatoms. The summed E-state index contributed by atoms with van der Waals surface area (Å²) in [5.41, 5.74) is 5.49. The largest absolute Gasteiger partial charge is 0.409 e. The number of hydrogen-bond acceptors (Lipinski definition) is 3. The van der Waals surface area contributed by atoms with Gasteiger partial charge >= 0.3 is 0 Å². The molecule has 4 nitrogen and oxygen atoms in total. The average molecular weight is 255 g/mol. The molecule has 2 atom stereocenters. The fraction of sp³-hybridized carbons (Fsp3) is 0.929. The van der Waals surface area contributed by atoms with E-state index < -0.39 is 0 Å². The number of hydrogen-bond donors (Lipinski definition) is 2. The normalized spacial score (nSPS) is 26.8. The Bertz CT molecular complexity index is 289. The van der Waals surface area contributed by atoms with Crippen LogP contribution in [0.15, 0.2) is 5.16 Å². The van der Waals surface area contributed by atoms with E-state index in [0.29, 0.717) is 5.84 Å². The van der Waals surface area contributed by atoms with Gasteiger partial charge < -0.3 is 15.8 Å². The monoisotopic (exact) mass is 255 g/mol. The molecule has 0 saturated carbocycles. The molecule has 1 rings (SSSR count). The molecule has 1 heterocycles. The van der Waals surface area contributed by atoms with Crippen molar-refractivity contribution >= 4 is 5.84 Å². The van der Waals surface area contributed by atoms with Gasteiger partial charge in [-0.05, 0) is 38.6 Å². The molecule has 0 amide bonds. The molecule has 0 aromatic carbocycles. The number of rotatable bonds is 6. The zero-order valence-corrected chi connectivity index (χ0v) is 12.3. The Balaban J connectivity index is 2.23. The van der Waals surface area contributed by atoms with Gasteiger partial charge in [0.25, 0.3) is 0 Å². The van der Waals surface area contributed by atoms with Crippen molar-refractivity contribution in [1.82, 2.24) is 4.90 Å². The van der Waals surface area contributed by atoms with Gasteiger partial charge in [0.2, 0.25) is 0 Å². The van der Waals surface area contributed by atoms with Crippen molar-refractivity contribution in [2.45, 2.75) is 59.4 Å². The van der Waals surface area contributed by atoms with E-state index in [1.165, 1.54) is 25.9 Å². The lowest BCUT2D eigenvalue weighted by Gasteiger charge is -2.24. The highest BCUT2D eigenvalue weighted by molar-refractivity contribution is 5.85. The zero-order valence-electron chi connectivity index (χ0n) is 12.3. The van der Waals surface area contributed by atoms with Gasteiger partial charge in [0.1, 0.15) is 5.84 Å². The highest BCUT2D eigenvalue weighted by Gasteiger charge is 2.26. The maximum absolute atomic E-state index is 8.72. The van der Waals surface area contributed by atoms with Crippen molar-refractivity contribution in [2.75, 3.05) is 13.1 Å². The van der Waals surface area contributed by atoms with Gasteiger partial charge in [0.15, 0.2) is 0 Å². The number of oxime groups is 1. The van der Waals surface area contributed by atoms with Crippen LogP contribution in [0.25, 0.3) is 0 Å². The Morgan fingerprint density at radius 3 is 2.56 bits per heavy atom. The van der Waals surface area contributed by atoms with Crippen LogP contribution < -0.4 is 5.73 Å². The van der Waals surface area contributed by atoms with Crippen LogP contribution in [0.2, 0.25) is 0 Å². The second kappa shape index (κ2) is 6.41. The fourth-order valence-electron chi connectivity index (χ4n) is 2.84. The van der Waals surface area contributed by atoms with Gasteiger partial charge in [0.05, 0.1) is 0 Å². The van der Waals surface area contributed by atoms with Gasteiger partial charge in [-0.3, -0.25) is 0 Å². The minimum atomic E-state index is -0.196. The second-order valence-electron chi connectivity index (χ2n) is 6.51. The Kier molecular flexibility index (Phi) is 5.45. The van der Waals surface area contributed by atoms with Crippen molar-refractivity contribution in [3.05, 3.63) is 0 Å². The van der Waals surface area contributed by atoms with Gasteiger partial charge in [-0.25, -0.2) is 0 Å². The molecule has 1 aliphatic rings.